The van der Waals surface area contributed by atoms with Gasteiger partial charge in [-0.15, -0.1) is 0 Å². The minimum atomic E-state index is -0.175. The van der Waals surface area contributed by atoms with E-state index in [0.29, 0.717) is 12.3 Å². The van der Waals surface area contributed by atoms with E-state index in [-0.39, 0.29) is 17.2 Å². The molecule has 0 aromatic heterocycles. The highest BCUT2D eigenvalue weighted by Gasteiger charge is 2.54. The zero-order valence-electron chi connectivity index (χ0n) is 14.8. The summed E-state index contributed by atoms with van der Waals surface area (Å²) >= 11 is 0. The standard InChI is InChI=1S/C20H32N2O2/c23-18(7-6-14-4-2-1-3-5-14)21-22-19(24)20-11-15-8-16(12-20)10-17(9-15)13-20/h14-17H,1-13H2,(H,21,23)(H,22,24). The molecule has 5 rings (SSSR count). The van der Waals surface area contributed by atoms with E-state index in [1.165, 1.54) is 51.4 Å². The van der Waals surface area contributed by atoms with Crippen molar-refractivity contribution in [3.05, 3.63) is 0 Å². The maximum Gasteiger partial charge on any atom is 0.244 e. The number of amides is 2. The maximum atomic E-state index is 12.8. The Kier molecular flexibility index (Phi) is 4.57. The molecule has 0 radical (unpaired) electrons. The van der Waals surface area contributed by atoms with Gasteiger partial charge in [0.05, 0.1) is 5.41 Å². The molecule has 0 aliphatic heterocycles. The number of rotatable bonds is 4. The van der Waals surface area contributed by atoms with Crippen LogP contribution in [0.1, 0.15) is 83.5 Å². The van der Waals surface area contributed by atoms with Crippen molar-refractivity contribution in [2.75, 3.05) is 0 Å². The van der Waals surface area contributed by atoms with Crippen LogP contribution in [0.2, 0.25) is 0 Å². The van der Waals surface area contributed by atoms with Gasteiger partial charge in [0.2, 0.25) is 11.8 Å². The van der Waals surface area contributed by atoms with Crippen molar-refractivity contribution in [3.8, 4) is 0 Å². The lowest BCUT2D eigenvalue weighted by Gasteiger charge is -2.55. The fraction of sp³-hybridized carbons (Fsp3) is 0.900. The molecule has 0 unspecified atom stereocenters. The molecule has 0 aromatic carbocycles. The Labute approximate surface area is 145 Å². The van der Waals surface area contributed by atoms with Gasteiger partial charge in [0.15, 0.2) is 0 Å². The first-order valence-corrected chi connectivity index (χ1v) is 10.2. The van der Waals surface area contributed by atoms with Gasteiger partial charge in [0, 0.05) is 6.42 Å². The summed E-state index contributed by atoms with van der Waals surface area (Å²) in [6.07, 6.45) is 15.2. The highest BCUT2D eigenvalue weighted by molar-refractivity contribution is 5.86. The summed E-state index contributed by atoms with van der Waals surface area (Å²) in [6, 6.07) is 0. The van der Waals surface area contributed by atoms with E-state index in [2.05, 4.69) is 10.9 Å². The molecule has 0 heterocycles. The molecule has 0 saturated heterocycles. The van der Waals surface area contributed by atoms with Crippen LogP contribution in [0.25, 0.3) is 0 Å². The number of hydrogen-bond acceptors (Lipinski definition) is 2. The Hall–Kier alpha value is -1.06. The van der Waals surface area contributed by atoms with Crippen LogP contribution in [-0.2, 0) is 9.59 Å². The molecule has 0 atom stereocenters. The maximum absolute atomic E-state index is 12.8. The van der Waals surface area contributed by atoms with E-state index in [4.69, 9.17) is 0 Å². The van der Waals surface area contributed by atoms with E-state index in [1.807, 2.05) is 0 Å². The zero-order chi connectivity index (χ0) is 16.6. The fourth-order valence-electron chi connectivity index (χ4n) is 6.52. The number of nitrogens with one attached hydrogen (secondary N) is 2. The lowest BCUT2D eigenvalue weighted by Crippen LogP contribution is -2.56. The molecule has 134 valence electrons. The molecule has 4 nitrogen and oxygen atoms in total. The summed E-state index contributed by atoms with van der Waals surface area (Å²) in [4.78, 5) is 24.9. The topological polar surface area (TPSA) is 58.2 Å². The van der Waals surface area contributed by atoms with Gasteiger partial charge in [0.25, 0.3) is 0 Å². The van der Waals surface area contributed by atoms with Crippen molar-refractivity contribution in [3.63, 3.8) is 0 Å². The minimum Gasteiger partial charge on any atom is -0.273 e. The van der Waals surface area contributed by atoms with Crippen LogP contribution in [0.4, 0.5) is 0 Å². The van der Waals surface area contributed by atoms with Crippen LogP contribution in [0.15, 0.2) is 0 Å². The predicted octanol–water partition coefficient (Wildman–Crippen LogP) is 3.71. The lowest BCUT2D eigenvalue weighted by molar-refractivity contribution is -0.149. The third-order valence-electron chi connectivity index (χ3n) is 7.34. The molecule has 2 N–H and O–H groups in total. The van der Waals surface area contributed by atoms with Gasteiger partial charge in [-0.2, -0.15) is 0 Å². The molecular formula is C20H32N2O2. The summed E-state index contributed by atoms with van der Waals surface area (Å²) in [6.45, 7) is 0. The normalized spacial score (nSPS) is 38.1. The number of carbonyl (C=O) groups excluding carboxylic acids is 2. The Morgan fingerprint density at radius 2 is 1.42 bits per heavy atom. The smallest absolute Gasteiger partial charge is 0.244 e. The fourth-order valence-corrected chi connectivity index (χ4v) is 6.52. The SMILES string of the molecule is O=C(CCC1CCCCC1)NNC(=O)C12CC3CC(CC(C3)C1)C2. The first-order chi connectivity index (χ1) is 11.6. The second kappa shape index (κ2) is 6.68. The van der Waals surface area contributed by atoms with Crippen LogP contribution in [0.5, 0.6) is 0 Å². The molecule has 2 amide bonds. The molecule has 5 fully saturated rings. The summed E-state index contributed by atoms with van der Waals surface area (Å²) in [5.74, 6) is 3.05. The van der Waals surface area contributed by atoms with Crippen LogP contribution < -0.4 is 10.9 Å². The van der Waals surface area contributed by atoms with E-state index in [9.17, 15) is 9.59 Å². The third-order valence-corrected chi connectivity index (χ3v) is 7.34. The largest absolute Gasteiger partial charge is 0.273 e. The van der Waals surface area contributed by atoms with Crippen molar-refractivity contribution in [1.29, 1.82) is 0 Å². The minimum absolute atomic E-state index is 0.0151. The highest BCUT2D eigenvalue weighted by Crippen LogP contribution is 2.60. The van der Waals surface area contributed by atoms with E-state index < -0.39 is 0 Å². The highest BCUT2D eigenvalue weighted by atomic mass is 16.2. The van der Waals surface area contributed by atoms with Crippen LogP contribution in [0.3, 0.4) is 0 Å². The second-order valence-electron chi connectivity index (χ2n) is 9.24. The molecule has 24 heavy (non-hydrogen) atoms. The van der Waals surface area contributed by atoms with Crippen LogP contribution >= 0.6 is 0 Å². The Morgan fingerprint density at radius 3 is 2.00 bits per heavy atom. The van der Waals surface area contributed by atoms with Crippen molar-refractivity contribution >= 4 is 11.8 Å². The molecule has 5 aliphatic carbocycles. The molecule has 4 heteroatoms. The molecule has 5 saturated carbocycles. The summed E-state index contributed by atoms with van der Waals surface area (Å²) in [5.41, 5.74) is 5.32. The molecular weight excluding hydrogens is 300 g/mol. The average molecular weight is 332 g/mol. The van der Waals surface area contributed by atoms with Gasteiger partial charge in [-0.25, -0.2) is 0 Å². The molecule has 0 spiro atoms. The number of hydrazine groups is 1. The van der Waals surface area contributed by atoms with Gasteiger partial charge >= 0.3 is 0 Å². The van der Waals surface area contributed by atoms with Crippen molar-refractivity contribution in [1.82, 2.24) is 10.9 Å². The number of hydrogen-bond donors (Lipinski definition) is 2. The first kappa shape index (κ1) is 16.4. The van der Waals surface area contributed by atoms with Gasteiger partial charge in [-0.05, 0) is 68.6 Å². The van der Waals surface area contributed by atoms with Crippen molar-refractivity contribution < 1.29 is 9.59 Å². The van der Waals surface area contributed by atoms with Crippen molar-refractivity contribution in [2.45, 2.75) is 83.5 Å². The summed E-state index contributed by atoms with van der Waals surface area (Å²) in [7, 11) is 0. The van der Waals surface area contributed by atoms with Crippen molar-refractivity contribution in [2.24, 2.45) is 29.1 Å². The molecule has 0 aromatic rings. The van der Waals surface area contributed by atoms with Crippen LogP contribution in [0, 0.1) is 29.1 Å². The monoisotopic (exact) mass is 332 g/mol. The summed E-state index contributed by atoms with van der Waals surface area (Å²) in [5, 5.41) is 0. The van der Waals surface area contributed by atoms with Gasteiger partial charge in [-0.3, -0.25) is 20.4 Å². The lowest BCUT2D eigenvalue weighted by atomic mass is 9.49. The van der Waals surface area contributed by atoms with Gasteiger partial charge in [-0.1, -0.05) is 32.1 Å². The number of carbonyl (C=O) groups is 2. The quantitative estimate of drug-likeness (QED) is 0.771. The van der Waals surface area contributed by atoms with E-state index >= 15 is 0 Å². The Bertz CT molecular complexity index is 461. The van der Waals surface area contributed by atoms with E-state index in [1.54, 1.807) is 0 Å². The van der Waals surface area contributed by atoms with Gasteiger partial charge < -0.3 is 0 Å². The zero-order valence-corrected chi connectivity index (χ0v) is 14.8. The molecule has 5 aliphatic rings. The van der Waals surface area contributed by atoms with Crippen LogP contribution in [-0.4, -0.2) is 11.8 Å². The predicted molar refractivity (Wildman–Crippen MR) is 92.7 cm³/mol. The van der Waals surface area contributed by atoms with Gasteiger partial charge in [0.1, 0.15) is 0 Å². The summed E-state index contributed by atoms with van der Waals surface area (Å²) < 4.78 is 0. The Morgan fingerprint density at radius 1 is 0.833 bits per heavy atom. The average Bonchev–Trinajstić information content (AvgIpc) is 2.57. The molecule has 4 bridgehead atoms. The van der Waals surface area contributed by atoms with E-state index in [0.717, 1.165) is 43.4 Å². The Balaban J connectivity index is 1.24. The third kappa shape index (κ3) is 3.34. The first-order valence-electron chi connectivity index (χ1n) is 10.2. The second-order valence-corrected chi connectivity index (χ2v) is 9.24.